The molecule has 0 fully saturated rings. The molecule has 34 heavy (non-hydrogen) atoms. The average Bonchev–Trinajstić information content (AvgIpc) is 3.44. The Morgan fingerprint density at radius 3 is 2.35 bits per heavy atom. The van der Waals surface area contributed by atoms with E-state index >= 15 is 0 Å². The minimum Gasteiger partial charge on any atom is -0.388 e. The summed E-state index contributed by atoms with van der Waals surface area (Å²) in [6.45, 7) is 5.73. The third kappa shape index (κ3) is 5.11. The highest BCUT2D eigenvalue weighted by atomic mass is 19.4. The molecule has 7 nitrogen and oxygen atoms in total. The van der Waals surface area contributed by atoms with Crippen molar-refractivity contribution >= 4 is 0 Å². The predicted octanol–water partition coefficient (Wildman–Crippen LogP) is 5.42. The summed E-state index contributed by atoms with van der Waals surface area (Å²) in [7, 11) is 0. The van der Waals surface area contributed by atoms with Crippen molar-refractivity contribution in [2.75, 3.05) is 0 Å². The number of halogens is 3. The van der Waals surface area contributed by atoms with Crippen LogP contribution in [-0.2, 0) is 6.42 Å². The van der Waals surface area contributed by atoms with Crippen LogP contribution in [0.4, 0.5) is 13.2 Å². The van der Waals surface area contributed by atoms with Crippen LogP contribution in [0.3, 0.4) is 0 Å². The number of nitrogens with zero attached hydrogens (tertiary/aromatic N) is 5. The van der Waals surface area contributed by atoms with E-state index in [1.54, 1.807) is 31.2 Å². The molecule has 0 amide bonds. The van der Waals surface area contributed by atoms with Gasteiger partial charge >= 0.3 is 6.18 Å². The molecule has 0 aliphatic heterocycles. The van der Waals surface area contributed by atoms with Crippen LogP contribution in [0.2, 0.25) is 0 Å². The van der Waals surface area contributed by atoms with E-state index in [1.807, 2.05) is 38.1 Å². The number of alkyl halides is 3. The lowest BCUT2D eigenvalue weighted by Gasteiger charge is -2.21. The standard InChI is InChI=1S/C24H25F3N6O/c1-4-7-21-15(2)16(3)33(30-21)34-22(14-24(25,26)27)18-12-10-17(11-13-18)19-8-5-6-9-20(19)23-28-31-32-29-23/h5-6,8-13,22H,4,7,14H2,1-3H3,(H,28,29,31,32). The zero-order chi connectivity index (χ0) is 24.3. The van der Waals surface area contributed by atoms with E-state index in [4.69, 9.17) is 4.84 Å². The van der Waals surface area contributed by atoms with Crippen molar-refractivity contribution < 1.29 is 18.0 Å². The second-order valence-corrected chi connectivity index (χ2v) is 8.10. The lowest BCUT2D eigenvalue weighted by molar-refractivity contribution is -0.164. The molecule has 1 atom stereocenters. The number of aromatic nitrogens is 6. The van der Waals surface area contributed by atoms with Gasteiger partial charge in [0.05, 0.1) is 17.8 Å². The molecule has 0 radical (unpaired) electrons. The van der Waals surface area contributed by atoms with E-state index in [-0.39, 0.29) is 0 Å². The van der Waals surface area contributed by atoms with Gasteiger partial charge in [0.25, 0.3) is 0 Å². The minimum absolute atomic E-state index is 0.405. The molecule has 0 spiro atoms. The van der Waals surface area contributed by atoms with Gasteiger partial charge in [0, 0.05) is 5.56 Å². The SMILES string of the molecule is CCCc1nn(OC(CC(F)(F)F)c2ccc(-c3ccccc3-c3nn[nH]n3)cc2)c(C)c1C. The monoisotopic (exact) mass is 470 g/mol. The van der Waals surface area contributed by atoms with Crippen molar-refractivity contribution in [3.63, 3.8) is 0 Å². The van der Waals surface area contributed by atoms with Crippen LogP contribution in [0.1, 0.15) is 48.4 Å². The Morgan fingerprint density at radius 2 is 1.74 bits per heavy atom. The quantitative estimate of drug-likeness (QED) is 0.372. The molecule has 4 aromatic rings. The lowest BCUT2D eigenvalue weighted by Crippen LogP contribution is -2.25. The molecule has 1 N–H and O–H groups in total. The first-order valence-electron chi connectivity index (χ1n) is 11.0. The van der Waals surface area contributed by atoms with Gasteiger partial charge in [0.1, 0.15) is 0 Å². The van der Waals surface area contributed by atoms with Crippen molar-refractivity contribution in [1.29, 1.82) is 0 Å². The fourth-order valence-corrected chi connectivity index (χ4v) is 3.82. The van der Waals surface area contributed by atoms with Gasteiger partial charge in [-0.15, -0.1) is 20.1 Å². The van der Waals surface area contributed by atoms with Gasteiger partial charge in [-0.2, -0.15) is 18.4 Å². The van der Waals surface area contributed by atoms with E-state index in [0.29, 0.717) is 17.1 Å². The van der Waals surface area contributed by atoms with Gasteiger partial charge in [-0.3, -0.25) is 0 Å². The van der Waals surface area contributed by atoms with E-state index in [0.717, 1.165) is 40.8 Å². The van der Waals surface area contributed by atoms with Gasteiger partial charge in [-0.05, 0) is 47.7 Å². The van der Waals surface area contributed by atoms with Crippen molar-refractivity contribution in [3.8, 4) is 22.5 Å². The summed E-state index contributed by atoms with van der Waals surface area (Å²) in [5, 5.41) is 18.5. The minimum atomic E-state index is -4.41. The van der Waals surface area contributed by atoms with Crippen LogP contribution < -0.4 is 4.84 Å². The fourth-order valence-electron chi connectivity index (χ4n) is 3.82. The van der Waals surface area contributed by atoms with E-state index in [2.05, 4.69) is 25.7 Å². The highest BCUT2D eigenvalue weighted by Gasteiger charge is 2.35. The molecule has 0 aliphatic rings. The highest BCUT2D eigenvalue weighted by Crippen LogP contribution is 2.34. The molecule has 0 saturated heterocycles. The van der Waals surface area contributed by atoms with Crippen molar-refractivity contribution in [1.82, 2.24) is 30.6 Å². The molecular weight excluding hydrogens is 445 g/mol. The van der Waals surface area contributed by atoms with Crippen LogP contribution in [0.5, 0.6) is 0 Å². The number of aromatic amines is 1. The Morgan fingerprint density at radius 1 is 1.03 bits per heavy atom. The molecule has 10 heteroatoms. The third-order valence-electron chi connectivity index (χ3n) is 5.71. The topological polar surface area (TPSA) is 81.5 Å². The largest absolute Gasteiger partial charge is 0.393 e. The number of tetrazole rings is 1. The molecule has 0 aliphatic carbocycles. The number of hydrogen-bond donors (Lipinski definition) is 1. The smallest absolute Gasteiger partial charge is 0.388 e. The van der Waals surface area contributed by atoms with Crippen LogP contribution in [0, 0.1) is 13.8 Å². The number of hydrogen-bond acceptors (Lipinski definition) is 5. The Bertz CT molecular complexity index is 1230. The summed E-state index contributed by atoms with van der Waals surface area (Å²) < 4.78 is 40.3. The van der Waals surface area contributed by atoms with Gasteiger partial charge in [0.15, 0.2) is 6.10 Å². The first kappa shape index (κ1) is 23.5. The van der Waals surface area contributed by atoms with Gasteiger partial charge in [-0.1, -0.05) is 61.9 Å². The maximum absolute atomic E-state index is 13.4. The molecule has 178 valence electrons. The van der Waals surface area contributed by atoms with E-state index in [9.17, 15) is 13.2 Å². The first-order valence-corrected chi connectivity index (χ1v) is 11.0. The predicted molar refractivity (Wildman–Crippen MR) is 121 cm³/mol. The second kappa shape index (κ2) is 9.66. The highest BCUT2D eigenvalue weighted by molar-refractivity contribution is 5.80. The summed E-state index contributed by atoms with van der Waals surface area (Å²) in [4.78, 5) is 7.03. The maximum Gasteiger partial charge on any atom is 0.393 e. The molecule has 2 heterocycles. The van der Waals surface area contributed by atoms with Gasteiger partial charge < -0.3 is 4.84 Å². The van der Waals surface area contributed by atoms with Crippen molar-refractivity contribution in [2.24, 2.45) is 0 Å². The summed E-state index contributed by atoms with van der Waals surface area (Å²) in [5.74, 6) is 0.436. The van der Waals surface area contributed by atoms with E-state index < -0.39 is 18.7 Å². The molecule has 2 aromatic carbocycles. The first-order chi connectivity index (χ1) is 16.3. The number of aryl methyl sites for hydroxylation is 1. The van der Waals surface area contributed by atoms with Crippen molar-refractivity contribution in [3.05, 3.63) is 71.0 Å². The van der Waals surface area contributed by atoms with Crippen LogP contribution >= 0.6 is 0 Å². The Labute approximate surface area is 194 Å². The number of benzene rings is 2. The average molecular weight is 470 g/mol. The van der Waals surface area contributed by atoms with E-state index in [1.165, 1.54) is 4.85 Å². The summed E-state index contributed by atoms with van der Waals surface area (Å²) in [5.41, 5.74) is 5.28. The zero-order valence-electron chi connectivity index (χ0n) is 19.1. The Balaban J connectivity index is 1.65. The number of rotatable bonds is 8. The number of nitrogens with one attached hydrogen (secondary N) is 1. The zero-order valence-corrected chi connectivity index (χ0v) is 19.1. The normalized spacial score (nSPS) is 12.6. The summed E-state index contributed by atoms with van der Waals surface area (Å²) in [6.07, 6.45) is -5.16. The molecule has 0 saturated carbocycles. The molecule has 1 unspecified atom stereocenters. The van der Waals surface area contributed by atoms with Crippen LogP contribution in [-0.4, -0.2) is 36.7 Å². The summed E-state index contributed by atoms with van der Waals surface area (Å²) >= 11 is 0. The van der Waals surface area contributed by atoms with Crippen molar-refractivity contribution in [2.45, 2.75) is 52.3 Å². The fraction of sp³-hybridized carbons (Fsp3) is 0.333. The Hall–Kier alpha value is -3.69. The van der Waals surface area contributed by atoms with Gasteiger partial charge in [0.2, 0.25) is 5.82 Å². The van der Waals surface area contributed by atoms with Gasteiger partial charge in [-0.25, -0.2) is 0 Å². The molecule has 2 aromatic heterocycles. The van der Waals surface area contributed by atoms with Crippen LogP contribution in [0.25, 0.3) is 22.5 Å². The Kier molecular flexibility index (Phi) is 6.67. The molecule has 4 rings (SSSR count). The number of H-pyrrole nitrogens is 1. The second-order valence-electron chi connectivity index (χ2n) is 8.10. The maximum atomic E-state index is 13.4. The lowest BCUT2D eigenvalue weighted by atomic mass is 9.97. The third-order valence-corrected chi connectivity index (χ3v) is 5.71. The van der Waals surface area contributed by atoms with Crippen LogP contribution in [0.15, 0.2) is 48.5 Å². The molecule has 0 bridgehead atoms. The molecular formula is C24H25F3N6O. The summed E-state index contributed by atoms with van der Waals surface area (Å²) in [6, 6.07) is 14.3.